The summed E-state index contributed by atoms with van der Waals surface area (Å²) in [5, 5.41) is 19.9. The molecular formula is C13H14NO2-. The maximum Gasteiger partial charge on any atom is 0.101 e. The molecule has 4 bridgehead atoms. The molecule has 3 heteroatoms. The first-order valence-electron chi connectivity index (χ1n) is 6.04. The maximum absolute atomic E-state index is 11.0. The zero-order valence-electron chi connectivity index (χ0n) is 9.11. The molecule has 0 heterocycles. The smallest absolute Gasteiger partial charge is 0.101 e. The molecule has 4 aliphatic rings. The van der Waals surface area contributed by atoms with Crippen molar-refractivity contribution in [2.24, 2.45) is 23.7 Å². The molecule has 0 aromatic rings. The van der Waals surface area contributed by atoms with E-state index in [9.17, 15) is 9.90 Å². The Kier molecular flexibility index (Phi) is 2.07. The van der Waals surface area contributed by atoms with Gasteiger partial charge in [-0.1, -0.05) is 0 Å². The molecule has 0 amide bonds. The van der Waals surface area contributed by atoms with Crippen molar-refractivity contribution in [2.75, 3.05) is 0 Å². The summed E-state index contributed by atoms with van der Waals surface area (Å²) in [4.78, 5) is 11.0. The fourth-order valence-electron chi connectivity index (χ4n) is 4.33. The van der Waals surface area contributed by atoms with E-state index in [0.29, 0.717) is 11.8 Å². The number of nitriles is 1. The van der Waals surface area contributed by atoms with Gasteiger partial charge in [0.2, 0.25) is 0 Å². The summed E-state index contributed by atoms with van der Waals surface area (Å²) in [6, 6.07) is 1.85. The lowest BCUT2D eigenvalue weighted by Gasteiger charge is -2.51. The highest BCUT2D eigenvalue weighted by Gasteiger charge is 2.46. The van der Waals surface area contributed by atoms with Crippen molar-refractivity contribution in [3.63, 3.8) is 0 Å². The predicted molar refractivity (Wildman–Crippen MR) is 54.7 cm³/mol. The summed E-state index contributed by atoms with van der Waals surface area (Å²) in [7, 11) is 0. The van der Waals surface area contributed by atoms with Crippen LogP contribution < -0.4 is 5.11 Å². The minimum absolute atomic E-state index is 0.0613. The molecule has 0 N–H and O–H groups in total. The Hall–Kier alpha value is -1.30. The summed E-state index contributed by atoms with van der Waals surface area (Å²) in [5.74, 6) is 1.03. The van der Waals surface area contributed by atoms with Crippen molar-refractivity contribution in [1.29, 1.82) is 5.26 Å². The van der Waals surface area contributed by atoms with E-state index in [1.54, 1.807) is 0 Å². The van der Waals surface area contributed by atoms with Crippen LogP contribution >= 0.6 is 0 Å². The van der Waals surface area contributed by atoms with E-state index in [-0.39, 0.29) is 5.57 Å². The molecule has 0 aromatic heterocycles. The zero-order chi connectivity index (χ0) is 11.3. The van der Waals surface area contributed by atoms with E-state index in [1.807, 2.05) is 6.07 Å². The van der Waals surface area contributed by atoms with Gasteiger partial charge in [-0.15, -0.1) is 0 Å². The molecule has 4 rings (SSSR count). The molecule has 3 nitrogen and oxygen atoms in total. The predicted octanol–water partition coefficient (Wildman–Crippen LogP) is 1.01. The van der Waals surface area contributed by atoms with Gasteiger partial charge in [0.15, 0.2) is 0 Å². The van der Waals surface area contributed by atoms with Gasteiger partial charge in [-0.25, -0.2) is 0 Å². The molecule has 0 atom stereocenters. The Balaban J connectivity index is 2.03. The van der Waals surface area contributed by atoms with Crippen molar-refractivity contribution >= 4 is 5.97 Å². The van der Waals surface area contributed by atoms with Crippen molar-refractivity contribution in [2.45, 2.75) is 32.1 Å². The Bertz CT molecular complexity index is 386. The monoisotopic (exact) mass is 216 g/mol. The van der Waals surface area contributed by atoms with E-state index < -0.39 is 5.97 Å². The molecule has 0 aromatic carbocycles. The normalized spacial score (nSPS) is 39.6. The second-order valence-corrected chi connectivity index (χ2v) is 5.53. The number of allylic oxidation sites excluding steroid dienone is 1. The lowest BCUT2D eigenvalue weighted by molar-refractivity contribution is -0.298. The number of carboxylic acids is 1. The second-order valence-electron chi connectivity index (χ2n) is 5.53. The highest BCUT2D eigenvalue weighted by atomic mass is 16.4. The molecule has 0 aliphatic heterocycles. The largest absolute Gasteiger partial charge is 0.544 e. The molecular weight excluding hydrogens is 202 g/mol. The van der Waals surface area contributed by atoms with Crippen LogP contribution in [0.5, 0.6) is 0 Å². The highest BCUT2D eigenvalue weighted by molar-refractivity contribution is 5.90. The third-order valence-electron chi connectivity index (χ3n) is 4.62. The van der Waals surface area contributed by atoms with Gasteiger partial charge in [-0.05, 0) is 61.3 Å². The Morgan fingerprint density at radius 3 is 2.00 bits per heavy atom. The van der Waals surface area contributed by atoms with Gasteiger partial charge in [0.05, 0.1) is 11.5 Å². The van der Waals surface area contributed by atoms with Crippen LogP contribution in [0, 0.1) is 35.0 Å². The number of carbonyl (C=O) groups excluding carboxylic acids is 1. The van der Waals surface area contributed by atoms with Crippen LogP contribution in [0.25, 0.3) is 0 Å². The van der Waals surface area contributed by atoms with Crippen LogP contribution in [0.15, 0.2) is 11.1 Å². The molecule has 4 aliphatic carbocycles. The lowest BCUT2D eigenvalue weighted by atomic mass is 9.53. The number of hydrogen-bond donors (Lipinski definition) is 0. The van der Waals surface area contributed by atoms with E-state index in [2.05, 4.69) is 0 Å². The first kappa shape index (κ1) is 9.89. The summed E-state index contributed by atoms with van der Waals surface area (Å²) in [5.41, 5.74) is 0.864. The maximum atomic E-state index is 11.0. The molecule has 0 radical (unpaired) electrons. The van der Waals surface area contributed by atoms with Crippen molar-refractivity contribution in [1.82, 2.24) is 0 Å². The van der Waals surface area contributed by atoms with Crippen LogP contribution in [0.1, 0.15) is 32.1 Å². The summed E-state index contributed by atoms with van der Waals surface area (Å²) in [6.45, 7) is 0. The van der Waals surface area contributed by atoms with Crippen LogP contribution in [-0.4, -0.2) is 5.97 Å². The van der Waals surface area contributed by atoms with Gasteiger partial charge in [0, 0.05) is 0 Å². The van der Waals surface area contributed by atoms with Crippen LogP contribution in [-0.2, 0) is 4.79 Å². The Labute approximate surface area is 94.8 Å². The van der Waals surface area contributed by atoms with Gasteiger partial charge in [-0.2, -0.15) is 5.26 Å². The van der Waals surface area contributed by atoms with Crippen LogP contribution in [0.3, 0.4) is 0 Å². The Morgan fingerprint density at radius 2 is 1.62 bits per heavy atom. The first-order valence-corrected chi connectivity index (χ1v) is 6.04. The topological polar surface area (TPSA) is 63.9 Å². The quantitative estimate of drug-likeness (QED) is 0.485. The van der Waals surface area contributed by atoms with Gasteiger partial charge in [0.25, 0.3) is 0 Å². The van der Waals surface area contributed by atoms with Crippen molar-refractivity contribution < 1.29 is 9.90 Å². The standard InChI is InChI=1S/C13H15NO2/c14-6-11(13(15)16)12-9-2-7-1-8(4-9)5-10(12)3-7/h7-10H,1-5H2,(H,15,16)/p-1. The van der Waals surface area contributed by atoms with Crippen molar-refractivity contribution in [3.8, 4) is 6.07 Å². The molecule has 0 unspecified atom stereocenters. The van der Waals surface area contributed by atoms with Gasteiger partial charge < -0.3 is 9.90 Å². The third kappa shape index (κ3) is 1.29. The van der Waals surface area contributed by atoms with Gasteiger partial charge in [-0.3, -0.25) is 0 Å². The number of nitrogens with zero attached hydrogens (tertiary/aromatic N) is 1. The van der Waals surface area contributed by atoms with Gasteiger partial charge >= 0.3 is 0 Å². The van der Waals surface area contributed by atoms with E-state index in [0.717, 1.165) is 43.1 Å². The molecule has 0 spiro atoms. The summed E-state index contributed by atoms with van der Waals surface area (Å²) < 4.78 is 0. The zero-order valence-corrected chi connectivity index (χ0v) is 9.11. The average molecular weight is 216 g/mol. The number of carboxylic acid groups (broad SMARTS) is 1. The van der Waals surface area contributed by atoms with E-state index in [1.165, 1.54) is 6.42 Å². The lowest BCUT2D eigenvalue weighted by Crippen LogP contribution is -2.42. The van der Waals surface area contributed by atoms with E-state index in [4.69, 9.17) is 5.26 Å². The molecule has 0 saturated heterocycles. The average Bonchev–Trinajstić information content (AvgIpc) is 2.21. The number of rotatable bonds is 1. The van der Waals surface area contributed by atoms with Crippen molar-refractivity contribution in [3.05, 3.63) is 11.1 Å². The SMILES string of the molecule is N#CC(C(=O)[O-])=C1C2CC3CC(C2)CC1C3. The molecule has 16 heavy (non-hydrogen) atoms. The fourth-order valence-corrected chi connectivity index (χ4v) is 4.33. The molecule has 4 fully saturated rings. The number of hydrogen-bond acceptors (Lipinski definition) is 3. The fraction of sp³-hybridized carbons (Fsp3) is 0.692. The first-order chi connectivity index (χ1) is 7.69. The minimum Gasteiger partial charge on any atom is -0.544 e. The van der Waals surface area contributed by atoms with Gasteiger partial charge in [0.1, 0.15) is 6.07 Å². The summed E-state index contributed by atoms with van der Waals surface area (Å²) in [6.07, 6.45) is 5.72. The van der Waals surface area contributed by atoms with E-state index >= 15 is 0 Å². The van der Waals surface area contributed by atoms with Crippen LogP contribution in [0.2, 0.25) is 0 Å². The molecule has 4 saturated carbocycles. The molecule has 84 valence electrons. The Morgan fingerprint density at radius 1 is 1.12 bits per heavy atom. The number of carbonyl (C=O) groups is 1. The minimum atomic E-state index is -1.27. The summed E-state index contributed by atoms with van der Waals surface area (Å²) >= 11 is 0. The number of aliphatic carboxylic acids is 1. The van der Waals surface area contributed by atoms with Crippen LogP contribution in [0.4, 0.5) is 0 Å². The third-order valence-corrected chi connectivity index (χ3v) is 4.62. The second kappa shape index (κ2) is 3.35. The highest BCUT2D eigenvalue weighted by Crippen LogP contribution is 2.56.